The summed E-state index contributed by atoms with van der Waals surface area (Å²) in [5.41, 5.74) is 0.982. The number of benzene rings is 1. The smallest absolute Gasteiger partial charge is 0.244 e. The molecule has 0 saturated heterocycles. The normalized spacial score (nSPS) is 11.0. The summed E-state index contributed by atoms with van der Waals surface area (Å²) in [6.45, 7) is 3.82. The number of aldehydes is 1. The third-order valence-electron chi connectivity index (χ3n) is 2.97. The van der Waals surface area contributed by atoms with Crippen molar-refractivity contribution in [3.8, 4) is 11.8 Å². The zero-order valence-electron chi connectivity index (χ0n) is 12.5. The van der Waals surface area contributed by atoms with Crippen LogP contribution in [-0.2, 0) is 14.8 Å². The Kier molecular flexibility index (Phi) is 7.13. The van der Waals surface area contributed by atoms with Gasteiger partial charge in [-0.15, -0.1) is 5.92 Å². The average Bonchev–Trinajstić information content (AvgIpc) is 2.46. The van der Waals surface area contributed by atoms with E-state index in [1.54, 1.807) is 24.3 Å². The van der Waals surface area contributed by atoms with E-state index in [0.29, 0.717) is 6.29 Å². The fourth-order valence-electron chi connectivity index (χ4n) is 1.69. The Morgan fingerprint density at radius 2 is 1.86 bits per heavy atom. The van der Waals surface area contributed by atoms with Crippen molar-refractivity contribution in [3.63, 3.8) is 0 Å². The summed E-state index contributed by atoms with van der Waals surface area (Å²) < 4.78 is 26.0. The van der Waals surface area contributed by atoms with Crippen molar-refractivity contribution < 1.29 is 13.2 Å². The van der Waals surface area contributed by atoms with Gasteiger partial charge in [-0.3, -0.25) is 0 Å². The van der Waals surface area contributed by atoms with Gasteiger partial charge < -0.3 is 4.79 Å². The van der Waals surface area contributed by atoms with E-state index in [9.17, 15) is 13.2 Å². The second-order valence-electron chi connectivity index (χ2n) is 4.73. The Hall–Kier alpha value is -1.64. The van der Waals surface area contributed by atoms with Gasteiger partial charge in [0.2, 0.25) is 10.0 Å². The molecule has 1 rings (SSSR count). The molecule has 0 atom stereocenters. The molecule has 0 radical (unpaired) electrons. The Morgan fingerprint density at radius 1 is 1.19 bits per heavy atom. The van der Waals surface area contributed by atoms with E-state index in [4.69, 9.17) is 0 Å². The lowest BCUT2D eigenvalue weighted by atomic mass is 10.2. The minimum Gasteiger partial charge on any atom is -0.302 e. The second kappa shape index (κ2) is 8.60. The molecule has 0 N–H and O–H groups in total. The van der Waals surface area contributed by atoms with Crippen LogP contribution < -0.4 is 0 Å². The maximum absolute atomic E-state index is 12.5. The van der Waals surface area contributed by atoms with Crippen LogP contribution in [0.25, 0.3) is 0 Å². The Balaban J connectivity index is 2.89. The molecular formula is C16H21NO3S. The van der Waals surface area contributed by atoms with E-state index in [0.717, 1.165) is 29.1 Å². The highest BCUT2D eigenvalue weighted by Crippen LogP contribution is 2.15. The third kappa shape index (κ3) is 5.33. The zero-order valence-corrected chi connectivity index (χ0v) is 13.3. The van der Waals surface area contributed by atoms with Gasteiger partial charge in [0.25, 0.3) is 0 Å². The predicted octanol–water partition coefficient (Wildman–Crippen LogP) is 2.38. The molecule has 0 spiro atoms. The van der Waals surface area contributed by atoms with Crippen LogP contribution in [0, 0.1) is 18.8 Å². The maximum Gasteiger partial charge on any atom is 0.244 e. The highest BCUT2D eigenvalue weighted by molar-refractivity contribution is 7.89. The van der Waals surface area contributed by atoms with Crippen LogP contribution in [0.15, 0.2) is 29.2 Å². The summed E-state index contributed by atoms with van der Waals surface area (Å²) in [6, 6.07) is 6.57. The third-order valence-corrected chi connectivity index (χ3v) is 4.80. The van der Waals surface area contributed by atoms with Crippen molar-refractivity contribution in [1.82, 2.24) is 4.31 Å². The van der Waals surface area contributed by atoms with Gasteiger partial charge in [0.1, 0.15) is 6.29 Å². The highest BCUT2D eigenvalue weighted by Gasteiger charge is 2.23. The minimum absolute atomic E-state index is 0.0403. The number of rotatable bonds is 7. The van der Waals surface area contributed by atoms with E-state index >= 15 is 0 Å². The summed E-state index contributed by atoms with van der Waals surface area (Å²) in [4.78, 5) is 10.9. The SMILES string of the molecule is CCCCC#CCN(CC=O)S(=O)(=O)c1ccc(C)cc1. The molecule has 0 aliphatic heterocycles. The predicted molar refractivity (Wildman–Crippen MR) is 83.3 cm³/mol. The van der Waals surface area contributed by atoms with E-state index in [1.165, 1.54) is 0 Å². The number of hydrogen-bond donors (Lipinski definition) is 0. The van der Waals surface area contributed by atoms with Crippen LogP contribution in [0.3, 0.4) is 0 Å². The van der Waals surface area contributed by atoms with Crippen LogP contribution in [0.5, 0.6) is 0 Å². The summed E-state index contributed by atoms with van der Waals surface area (Å²) >= 11 is 0. The van der Waals surface area contributed by atoms with Gasteiger partial charge >= 0.3 is 0 Å². The first-order valence-corrected chi connectivity index (χ1v) is 8.42. The fraction of sp³-hybridized carbons (Fsp3) is 0.438. The quantitative estimate of drug-likeness (QED) is 0.441. The van der Waals surface area contributed by atoms with E-state index in [-0.39, 0.29) is 18.0 Å². The van der Waals surface area contributed by atoms with Gasteiger partial charge in [-0.05, 0) is 25.5 Å². The molecule has 0 fully saturated rings. The van der Waals surface area contributed by atoms with Crippen molar-refractivity contribution in [3.05, 3.63) is 29.8 Å². The minimum atomic E-state index is -3.67. The molecule has 1 aromatic carbocycles. The molecule has 0 bridgehead atoms. The van der Waals surface area contributed by atoms with Crippen LogP contribution in [0.2, 0.25) is 0 Å². The Morgan fingerprint density at radius 3 is 2.43 bits per heavy atom. The van der Waals surface area contributed by atoms with E-state index in [1.807, 2.05) is 6.92 Å². The summed E-state index contributed by atoms with van der Waals surface area (Å²) in [7, 11) is -3.67. The van der Waals surface area contributed by atoms with Crippen LogP contribution in [0.1, 0.15) is 31.7 Å². The van der Waals surface area contributed by atoms with Gasteiger partial charge in [0.15, 0.2) is 0 Å². The van der Waals surface area contributed by atoms with Crippen LogP contribution in [-0.4, -0.2) is 32.1 Å². The molecule has 5 heteroatoms. The largest absolute Gasteiger partial charge is 0.302 e. The lowest BCUT2D eigenvalue weighted by molar-refractivity contribution is -0.108. The molecule has 0 aromatic heterocycles. The lowest BCUT2D eigenvalue weighted by Crippen LogP contribution is -2.33. The maximum atomic E-state index is 12.5. The molecule has 0 saturated carbocycles. The van der Waals surface area contributed by atoms with Crippen LogP contribution in [0.4, 0.5) is 0 Å². The van der Waals surface area contributed by atoms with E-state index < -0.39 is 10.0 Å². The zero-order chi connectivity index (χ0) is 15.7. The standard InChI is InChI=1S/C16H21NO3S/c1-3-4-5-6-7-12-17(13-14-18)21(19,20)16-10-8-15(2)9-11-16/h8-11,14H,3-5,12-13H2,1-2H3. The van der Waals surface area contributed by atoms with Crippen molar-refractivity contribution in [2.75, 3.05) is 13.1 Å². The first-order chi connectivity index (χ1) is 10.0. The Labute approximate surface area is 127 Å². The van der Waals surface area contributed by atoms with E-state index in [2.05, 4.69) is 18.8 Å². The molecule has 1 aromatic rings. The second-order valence-corrected chi connectivity index (χ2v) is 6.67. The molecule has 114 valence electrons. The summed E-state index contributed by atoms with van der Waals surface area (Å²) in [5, 5.41) is 0. The number of carbonyl (C=O) groups excluding carboxylic acids is 1. The summed E-state index contributed by atoms with van der Waals surface area (Å²) in [5.74, 6) is 5.77. The lowest BCUT2D eigenvalue weighted by Gasteiger charge is -2.17. The number of nitrogens with zero attached hydrogens (tertiary/aromatic N) is 1. The van der Waals surface area contributed by atoms with Crippen molar-refractivity contribution >= 4 is 16.3 Å². The van der Waals surface area contributed by atoms with Crippen molar-refractivity contribution in [1.29, 1.82) is 0 Å². The average molecular weight is 307 g/mol. The first-order valence-electron chi connectivity index (χ1n) is 6.98. The highest BCUT2D eigenvalue weighted by atomic mass is 32.2. The molecular weight excluding hydrogens is 286 g/mol. The molecule has 21 heavy (non-hydrogen) atoms. The number of aryl methyl sites for hydroxylation is 1. The van der Waals surface area contributed by atoms with Gasteiger partial charge in [-0.1, -0.05) is 37.0 Å². The molecule has 4 nitrogen and oxygen atoms in total. The molecule has 0 aliphatic rings. The number of carbonyl (C=O) groups is 1. The fourth-order valence-corrected chi connectivity index (χ4v) is 2.96. The van der Waals surface area contributed by atoms with Crippen molar-refractivity contribution in [2.24, 2.45) is 0 Å². The summed E-state index contributed by atoms with van der Waals surface area (Å²) in [6.07, 6.45) is 3.37. The van der Waals surface area contributed by atoms with Crippen molar-refractivity contribution in [2.45, 2.75) is 38.0 Å². The molecule has 0 unspecified atom stereocenters. The Bertz CT molecular complexity index is 609. The van der Waals surface area contributed by atoms with Crippen LogP contribution >= 0.6 is 0 Å². The number of unbranched alkanes of at least 4 members (excludes halogenated alkanes) is 2. The van der Waals surface area contributed by atoms with Gasteiger partial charge in [0.05, 0.1) is 18.0 Å². The monoisotopic (exact) mass is 307 g/mol. The molecule has 0 amide bonds. The van der Waals surface area contributed by atoms with Gasteiger partial charge in [-0.25, -0.2) is 8.42 Å². The van der Waals surface area contributed by atoms with Gasteiger partial charge in [0, 0.05) is 6.42 Å². The number of sulfonamides is 1. The topological polar surface area (TPSA) is 54.5 Å². The first kappa shape index (κ1) is 17.4. The molecule has 0 heterocycles. The van der Waals surface area contributed by atoms with Gasteiger partial charge in [-0.2, -0.15) is 4.31 Å². The number of hydrogen-bond acceptors (Lipinski definition) is 3. The molecule has 0 aliphatic carbocycles.